The molecule has 0 atom stereocenters. The maximum atomic E-state index is 13.7. The van der Waals surface area contributed by atoms with E-state index in [4.69, 9.17) is 0 Å². The van der Waals surface area contributed by atoms with E-state index in [1.807, 2.05) is 19.1 Å². The van der Waals surface area contributed by atoms with Gasteiger partial charge in [0.1, 0.15) is 0 Å². The zero-order valence-corrected chi connectivity index (χ0v) is 16.0. The van der Waals surface area contributed by atoms with Crippen molar-refractivity contribution in [1.82, 2.24) is 0 Å². The zero-order valence-electron chi connectivity index (χ0n) is 14.4. The SMILES string of the molecule is Cc1ccc(C#Cc2ccc(S(=O)(=O)Oc3c(F)c(F)c(F)c(F)c3F)s2)cc1. The minimum Gasteiger partial charge on any atom is -0.372 e. The molecule has 0 aliphatic rings. The molecular weight excluding hydrogens is 435 g/mol. The Labute approximate surface area is 166 Å². The van der Waals surface area contributed by atoms with E-state index in [9.17, 15) is 30.4 Å². The van der Waals surface area contributed by atoms with Crippen molar-refractivity contribution in [3.63, 3.8) is 0 Å². The molecule has 3 nitrogen and oxygen atoms in total. The van der Waals surface area contributed by atoms with E-state index in [1.165, 1.54) is 6.07 Å². The summed E-state index contributed by atoms with van der Waals surface area (Å²) in [4.78, 5) is 0.283. The summed E-state index contributed by atoms with van der Waals surface area (Å²) < 4.78 is 94.9. The topological polar surface area (TPSA) is 43.4 Å². The zero-order chi connectivity index (χ0) is 21.3. The Kier molecular flexibility index (Phi) is 5.64. The Morgan fingerprint density at radius 3 is 1.93 bits per heavy atom. The van der Waals surface area contributed by atoms with Crippen molar-refractivity contribution in [1.29, 1.82) is 0 Å². The van der Waals surface area contributed by atoms with Gasteiger partial charge in [0, 0.05) is 5.56 Å². The molecule has 10 heteroatoms. The quantitative estimate of drug-likeness (QED) is 0.189. The smallest absolute Gasteiger partial charge is 0.349 e. The lowest BCUT2D eigenvalue weighted by atomic mass is 10.1. The second-order valence-electron chi connectivity index (χ2n) is 5.67. The van der Waals surface area contributed by atoms with Gasteiger partial charge in [0.2, 0.25) is 34.8 Å². The number of rotatable bonds is 3. The number of halogens is 5. The van der Waals surface area contributed by atoms with Gasteiger partial charge in [-0.15, -0.1) is 11.3 Å². The van der Waals surface area contributed by atoms with Gasteiger partial charge >= 0.3 is 10.1 Å². The highest BCUT2D eigenvalue weighted by atomic mass is 32.3. The van der Waals surface area contributed by atoms with Crippen LogP contribution in [0.2, 0.25) is 0 Å². The summed E-state index contributed by atoms with van der Waals surface area (Å²) in [6.45, 7) is 1.90. The molecule has 0 radical (unpaired) electrons. The van der Waals surface area contributed by atoms with E-state index in [2.05, 4.69) is 16.0 Å². The standard InChI is InChI=1S/C19H9F5O3S2/c1-10-2-4-11(5-3-10)6-7-12-8-9-13(28-12)29(25,26)27-19-17(23)15(21)14(20)16(22)18(19)24/h2-5,8-9H,1H3. The lowest BCUT2D eigenvalue weighted by molar-refractivity contribution is 0.347. The maximum Gasteiger partial charge on any atom is 0.349 e. The van der Waals surface area contributed by atoms with Gasteiger partial charge in [-0.2, -0.15) is 17.2 Å². The summed E-state index contributed by atoms with van der Waals surface area (Å²) in [7, 11) is -4.86. The summed E-state index contributed by atoms with van der Waals surface area (Å²) in [5.41, 5.74) is 1.70. The second kappa shape index (κ2) is 7.85. The van der Waals surface area contributed by atoms with Crippen LogP contribution in [0.1, 0.15) is 16.0 Å². The summed E-state index contributed by atoms with van der Waals surface area (Å²) in [5.74, 6) is -8.21. The van der Waals surface area contributed by atoms with Gasteiger partial charge in [0.15, 0.2) is 4.21 Å². The molecule has 150 valence electrons. The van der Waals surface area contributed by atoms with Gasteiger partial charge in [-0.1, -0.05) is 29.5 Å². The number of thiophene rings is 1. The maximum absolute atomic E-state index is 13.7. The van der Waals surface area contributed by atoms with E-state index in [0.29, 0.717) is 16.9 Å². The van der Waals surface area contributed by atoms with Crippen molar-refractivity contribution in [2.75, 3.05) is 0 Å². The first kappa shape index (κ1) is 20.8. The number of aryl methyl sites for hydroxylation is 1. The van der Waals surface area contributed by atoms with Crippen LogP contribution in [0.4, 0.5) is 22.0 Å². The van der Waals surface area contributed by atoms with Crippen LogP contribution in [0, 0.1) is 47.9 Å². The van der Waals surface area contributed by atoms with Crippen molar-refractivity contribution in [2.24, 2.45) is 0 Å². The van der Waals surface area contributed by atoms with E-state index >= 15 is 0 Å². The normalized spacial score (nSPS) is 11.1. The van der Waals surface area contributed by atoms with Crippen LogP contribution in [-0.4, -0.2) is 8.42 Å². The molecule has 0 aliphatic carbocycles. The Morgan fingerprint density at radius 2 is 1.34 bits per heavy atom. The largest absolute Gasteiger partial charge is 0.372 e. The molecule has 0 N–H and O–H groups in total. The number of benzene rings is 2. The Hall–Kier alpha value is -2.90. The van der Waals surface area contributed by atoms with Crippen molar-refractivity contribution < 1.29 is 34.6 Å². The van der Waals surface area contributed by atoms with E-state index < -0.39 is 49.2 Å². The van der Waals surface area contributed by atoms with Gasteiger partial charge in [0.25, 0.3) is 0 Å². The van der Waals surface area contributed by atoms with Crippen molar-refractivity contribution in [3.05, 3.63) is 81.5 Å². The summed E-state index contributed by atoms with van der Waals surface area (Å²) in [6.07, 6.45) is 0. The molecule has 0 saturated carbocycles. The molecule has 2 aromatic carbocycles. The Morgan fingerprint density at radius 1 is 0.793 bits per heavy atom. The third-order valence-corrected chi connectivity index (χ3v) is 6.24. The number of hydrogen-bond donors (Lipinski definition) is 0. The lowest BCUT2D eigenvalue weighted by Crippen LogP contribution is -2.13. The van der Waals surface area contributed by atoms with Crippen LogP contribution in [0.5, 0.6) is 5.75 Å². The Balaban J connectivity index is 1.90. The minimum atomic E-state index is -4.86. The van der Waals surface area contributed by atoms with Crippen LogP contribution in [0.3, 0.4) is 0 Å². The van der Waals surface area contributed by atoms with Crippen molar-refractivity contribution in [2.45, 2.75) is 11.1 Å². The van der Waals surface area contributed by atoms with Gasteiger partial charge in [-0.05, 0) is 31.2 Å². The van der Waals surface area contributed by atoms with Gasteiger partial charge in [0.05, 0.1) is 4.88 Å². The third kappa shape index (κ3) is 4.26. The molecule has 1 heterocycles. The first-order chi connectivity index (χ1) is 13.6. The van der Waals surface area contributed by atoms with Crippen LogP contribution in [0.15, 0.2) is 40.6 Å². The van der Waals surface area contributed by atoms with Crippen LogP contribution in [-0.2, 0) is 10.1 Å². The molecule has 0 bridgehead atoms. The molecule has 0 amide bonds. The summed E-state index contributed by atoms with van der Waals surface area (Å²) in [5, 5.41) is 0. The molecule has 3 aromatic rings. The average molecular weight is 444 g/mol. The van der Waals surface area contributed by atoms with Gasteiger partial charge in [-0.3, -0.25) is 0 Å². The summed E-state index contributed by atoms with van der Waals surface area (Å²) >= 11 is 0.612. The molecule has 0 unspecified atom stereocenters. The molecule has 0 spiro atoms. The van der Waals surface area contributed by atoms with E-state index in [0.717, 1.165) is 11.6 Å². The minimum absolute atomic E-state index is 0.283. The fourth-order valence-electron chi connectivity index (χ4n) is 2.10. The van der Waals surface area contributed by atoms with Crippen LogP contribution >= 0.6 is 11.3 Å². The number of hydrogen-bond acceptors (Lipinski definition) is 4. The first-order valence-electron chi connectivity index (χ1n) is 7.74. The highest BCUT2D eigenvalue weighted by Crippen LogP contribution is 2.32. The monoisotopic (exact) mass is 444 g/mol. The van der Waals surface area contributed by atoms with E-state index in [1.54, 1.807) is 12.1 Å². The average Bonchev–Trinajstić information content (AvgIpc) is 3.18. The Bertz CT molecular complexity index is 1220. The molecule has 0 aliphatic heterocycles. The molecule has 3 rings (SSSR count). The lowest BCUT2D eigenvalue weighted by Gasteiger charge is -2.09. The third-order valence-electron chi connectivity index (χ3n) is 3.57. The highest BCUT2D eigenvalue weighted by molar-refractivity contribution is 7.89. The van der Waals surface area contributed by atoms with Crippen LogP contribution in [0.25, 0.3) is 0 Å². The fourth-order valence-corrected chi connectivity index (χ4v) is 4.15. The van der Waals surface area contributed by atoms with Crippen molar-refractivity contribution >= 4 is 21.5 Å². The van der Waals surface area contributed by atoms with Gasteiger partial charge in [-0.25, -0.2) is 13.2 Å². The fraction of sp³-hybridized carbons (Fsp3) is 0.0526. The predicted octanol–water partition coefficient (Wildman–Crippen LogP) is 4.92. The predicted molar refractivity (Wildman–Crippen MR) is 95.5 cm³/mol. The molecule has 0 fully saturated rings. The second-order valence-corrected chi connectivity index (χ2v) is 8.53. The van der Waals surface area contributed by atoms with E-state index in [-0.39, 0.29) is 4.88 Å². The van der Waals surface area contributed by atoms with Crippen LogP contribution < -0.4 is 4.18 Å². The summed E-state index contributed by atoms with van der Waals surface area (Å²) in [6, 6.07) is 9.57. The highest BCUT2D eigenvalue weighted by Gasteiger charge is 2.31. The van der Waals surface area contributed by atoms with Crippen molar-refractivity contribution in [3.8, 4) is 17.6 Å². The first-order valence-corrected chi connectivity index (χ1v) is 9.97. The molecule has 29 heavy (non-hydrogen) atoms. The molecule has 0 saturated heterocycles. The van der Waals surface area contributed by atoms with Gasteiger partial charge < -0.3 is 4.18 Å². The molecule has 1 aromatic heterocycles. The molecular formula is C19H9F5O3S2.